The van der Waals surface area contributed by atoms with Crippen molar-refractivity contribution in [2.45, 2.75) is 32.6 Å². The van der Waals surface area contributed by atoms with Crippen molar-refractivity contribution in [3.63, 3.8) is 0 Å². The Morgan fingerprint density at radius 1 is 1.09 bits per heavy atom. The zero-order chi connectivity index (χ0) is 16.5. The van der Waals surface area contributed by atoms with Crippen LogP contribution < -0.4 is 10.1 Å². The molecule has 0 aromatic heterocycles. The van der Waals surface area contributed by atoms with Gasteiger partial charge in [-0.1, -0.05) is 32.3 Å². The second-order valence-corrected chi connectivity index (χ2v) is 5.44. The predicted molar refractivity (Wildman–Crippen MR) is 92.1 cm³/mol. The van der Waals surface area contributed by atoms with Gasteiger partial charge in [0.15, 0.2) is 0 Å². The van der Waals surface area contributed by atoms with Crippen LogP contribution in [0.15, 0.2) is 48.5 Å². The summed E-state index contributed by atoms with van der Waals surface area (Å²) >= 11 is 0. The number of hydrogen-bond acceptors (Lipinski definition) is 3. The molecule has 0 aliphatic rings. The van der Waals surface area contributed by atoms with Gasteiger partial charge in [0.2, 0.25) is 0 Å². The first-order valence-electron chi connectivity index (χ1n) is 8.02. The normalized spacial score (nSPS) is 10.3. The summed E-state index contributed by atoms with van der Waals surface area (Å²) < 4.78 is 5.66. The molecular weight excluding hydrogens is 290 g/mol. The molecule has 2 aromatic carbocycles. The Balaban J connectivity index is 1.85. The fourth-order valence-electron chi connectivity index (χ4n) is 2.21. The Labute approximate surface area is 137 Å². The minimum Gasteiger partial charge on any atom is -0.508 e. The molecule has 2 aromatic rings. The Kier molecular flexibility index (Phi) is 6.48. The molecule has 0 aliphatic heterocycles. The van der Waals surface area contributed by atoms with E-state index in [0.29, 0.717) is 17.9 Å². The molecule has 0 bridgehead atoms. The lowest BCUT2D eigenvalue weighted by Gasteiger charge is -2.08. The SMILES string of the molecule is CCCCCCOc1ccc(C(=O)Nc2cccc(O)c2)cc1. The first-order valence-corrected chi connectivity index (χ1v) is 8.02. The third-order valence-electron chi connectivity index (χ3n) is 3.49. The van der Waals surface area contributed by atoms with Gasteiger partial charge in [0, 0.05) is 17.3 Å². The van der Waals surface area contributed by atoms with Crippen LogP contribution in [0, 0.1) is 0 Å². The molecule has 4 nitrogen and oxygen atoms in total. The molecular formula is C19H23NO3. The van der Waals surface area contributed by atoms with E-state index in [9.17, 15) is 9.90 Å². The maximum Gasteiger partial charge on any atom is 0.255 e. The van der Waals surface area contributed by atoms with Crippen LogP contribution >= 0.6 is 0 Å². The van der Waals surface area contributed by atoms with Gasteiger partial charge in [0.05, 0.1) is 6.61 Å². The second kappa shape index (κ2) is 8.83. The molecule has 2 rings (SSSR count). The van der Waals surface area contributed by atoms with Crippen LogP contribution in [0.1, 0.15) is 43.0 Å². The number of aromatic hydroxyl groups is 1. The highest BCUT2D eigenvalue weighted by Crippen LogP contribution is 2.18. The summed E-state index contributed by atoms with van der Waals surface area (Å²) in [6, 6.07) is 13.5. The highest BCUT2D eigenvalue weighted by atomic mass is 16.5. The van der Waals surface area contributed by atoms with Gasteiger partial charge in [-0.05, 0) is 42.8 Å². The number of benzene rings is 2. The topological polar surface area (TPSA) is 58.6 Å². The van der Waals surface area contributed by atoms with Gasteiger partial charge >= 0.3 is 0 Å². The first kappa shape index (κ1) is 16.9. The van der Waals surface area contributed by atoms with Crippen LogP contribution in [-0.4, -0.2) is 17.6 Å². The summed E-state index contributed by atoms with van der Waals surface area (Å²) in [5, 5.41) is 12.1. The van der Waals surface area contributed by atoms with E-state index >= 15 is 0 Å². The lowest BCUT2D eigenvalue weighted by atomic mass is 10.2. The van der Waals surface area contributed by atoms with Crippen LogP contribution in [0.3, 0.4) is 0 Å². The van der Waals surface area contributed by atoms with Gasteiger partial charge in [-0.2, -0.15) is 0 Å². The van der Waals surface area contributed by atoms with Crippen molar-refractivity contribution in [3.05, 3.63) is 54.1 Å². The standard InChI is InChI=1S/C19H23NO3/c1-2-3-4-5-13-23-18-11-9-15(10-12-18)19(22)20-16-7-6-8-17(21)14-16/h6-12,14,21H,2-5,13H2,1H3,(H,20,22). The molecule has 0 radical (unpaired) electrons. The number of carbonyl (C=O) groups is 1. The molecule has 1 amide bonds. The van der Waals surface area contributed by atoms with Crippen molar-refractivity contribution in [2.24, 2.45) is 0 Å². The Hall–Kier alpha value is -2.49. The number of amides is 1. The average Bonchev–Trinajstić information content (AvgIpc) is 2.55. The highest BCUT2D eigenvalue weighted by molar-refractivity contribution is 6.04. The van der Waals surface area contributed by atoms with E-state index in [1.807, 2.05) is 0 Å². The summed E-state index contributed by atoms with van der Waals surface area (Å²) in [5.74, 6) is 0.676. The lowest BCUT2D eigenvalue weighted by molar-refractivity contribution is 0.102. The van der Waals surface area contributed by atoms with E-state index in [2.05, 4.69) is 12.2 Å². The monoisotopic (exact) mass is 313 g/mol. The van der Waals surface area contributed by atoms with Crippen LogP contribution in [0.2, 0.25) is 0 Å². The van der Waals surface area contributed by atoms with E-state index in [1.54, 1.807) is 42.5 Å². The molecule has 0 saturated heterocycles. The molecule has 0 spiro atoms. The number of hydrogen-bond donors (Lipinski definition) is 2. The number of rotatable bonds is 8. The summed E-state index contributed by atoms with van der Waals surface area (Å²) in [7, 11) is 0. The van der Waals surface area contributed by atoms with E-state index < -0.39 is 0 Å². The zero-order valence-corrected chi connectivity index (χ0v) is 13.4. The number of phenolic OH excluding ortho intramolecular Hbond substituents is 1. The quantitative estimate of drug-likeness (QED) is 0.700. The molecule has 0 fully saturated rings. The predicted octanol–water partition coefficient (Wildman–Crippen LogP) is 4.60. The largest absolute Gasteiger partial charge is 0.508 e. The highest BCUT2D eigenvalue weighted by Gasteiger charge is 2.06. The molecule has 122 valence electrons. The fraction of sp³-hybridized carbons (Fsp3) is 0.316. The molecule has 0 heterocycles. The fourth-order valence-corrected chi connectivity index (χ4v) is 2.21. The number of phenols is 1. The summed E-state index contributed by atoms with van der Waals surface area (Å²) in [6.45, 7) is 2.89. The molecule has 4 heteroatoms. The van der Waals surface area contributed by atoms with Crippen molar-refractivity contribution in [1.29, 1.82) is 0 Å². The van der Waals surface area contributed by atoms with Crippen molar-refractivity contribution < 1.29 is 14.6 Å². The Morgan fingerprint density at radius 3 is 2.57 bits per heavy atom. The van der Waals surface area contributed by atoms with Gasteiger partial charge in [-0.25, -0.2) is 0 Å². The van der Waals surface area contributed by atoms with Crippen LogP contribution in [-0.2, 0) is 0 Å². The van der Waals surface area contributed by atoms with E-state index in [4.69, 9.17) is 4.74 Å². The number of unbranched alkanes of at least 4 members (excludes halogenated alkanes) is 3. The van der Waals surface area contributed by atoms with Crippen molar-refractivity contribution in [3.8, 4) is 11.5 Å². The maximum absolute atomic E-state index is 12.1. The summed E-state index contributed by atoms with van der Waals surface area (Å²) in [6.07, 6.45) is 4.68. The Morgan fingerprint density at radius 2 is 1.87 bits per heavy atom. The summed E-state index contributed by atoms with van der Waals surface area (Å²) in [4.78, 5) is 12.1. The summed E-state index contributed by atoms with van der Waals surface area (Å²) in [5.41, 5.74) is 1.11. The minimum atomic E-state index is -0.218. The van der Waals surface area contributed by atoms with Crippen LogP contribution in [0.5, 0.6) is 11.5 Å². The van der Waals surface area contributed by atoms with Crippen molar-refractivity contribution in [2.75, 3.05) is 11.9 Å². The van der Waals surface area contributed by atoms with Gasteiger partial charge in [-0.15, -0.1) is 0 Å². The molecule has 0 atom stereocenters. The molecule has 0 unspecified atom stereocenters. The molecule has 0 aliphatic carbocycles. The smallest absolute Gasteiger partial charge is 0.255 e. The minimum absolute atomic E-state index is 0.120. The average molecular weight is 313 g/mol. The second-order valence-electron chi connectivity index (χ2n) is 5.44. The first-order chi connectivity index (χ1) is 11.2. The van der Waals surface area contributed by atoms with E-state index in [1.165, 1.54) is 25.3 Å². The number of ether oxygens (including phenoxy) is 1. The lowest BCUT2D eigenvalue weighted by Crippen LogP contribution is -2.11. The van der Waals surface area contributed by atoms with E-state index in [-0.39, 0.29) is 11.7 Å². The third-order valence-corrected chi connectivity index (χ3v) is 3.49. The van der Waals surface area contributed by atoms with Crippen LogP contribution in [0.25, 0.3) is 0 Å². The molecule has 0 saturated carbocycles. The zero-order valence-electron chi connectivity index (χ0n) is 13.4. The number of anilines is 1. The third kappa shape index (κ3) is 5.66. The van der Waals surface area contributed by atoms with Crippen molar-refractivity contribution >= 4 is 11.6 Å². The maximum atomic E-state index is 12.1. The van der Waals surface area contributed by atoms with Crippen molar-refractivity contribution in [1.82, 2.24) is 0 Å². The van der Waals surface area contributed by atoms with Gasteiger partial charge in [-0.3, -0.25) is 4.79 Å². The molecule has 23 heavy (non-hydrogen) atoms. The van der Waals surface area contributed by atoms with Crippen LogP contribution in [0.4, 0.5) is 5.69 Å². The van der Waals surface area contributed by atoms with Gasteiger partial charge < -0.3 is 15.2 Å². The van der Waals surface area contributed by atoms with E-state index in [0.717, 1.165) is 12.2 Å². The number of carbonyl (C=O) groups excluding carboxylic acids is 1. The van der Waals surface area contributed by atoms with Gasteiger partial charge in [0.25, 0.3) is 5.91 Å². The molecule has 2 N–H and O–H groups in total. The number of nitrogens with one attached hydrogen (secondary N) is 1. The Bertz CT molecular complexity index is 623. The van der Waals surface area contributed by atoms with Gasteiger partial charge in [0.1, 0.15) is 11.5 Å².